The first-order valence-electron chi connectivity index (χ1n) is 12.2. The molecular formula is C28H29ClN6O2S. The summed E-state index contributed by atoms with van der Waals surface area (Å²) in [5.74, 6) is 0.524. The van der Waals surface area contributed by atoms with Gasteiger partial charge in [0.2, 0.25) is 0 Å². The van der Waals surface area contributed by atoms with Crippen LogP contribution in [0.15, 0.2) is 77.0 Å². The van der Waals surface area contributed by atoms with E-state index in [1.165, 1.54) is 18.0 Å². The van der Waals surface area contributed by atoms with Crippen LogP contribution in [0, 0.1) is 6.92 Å². The summed E-state index contributed by atoms with van der Waals surface area (Å²) in [5.41, 5.74) is 6.84. The lowest BCUT2D eigenvalue weighted by Gasteiger charge is -2.21. The Morgan fingerprint density at radius 2 is 1.79 bits per heavy atom. The summed E-state index contributed by atoms with van der Waals surface area (Å²) >= 11 is 7.35. The number of nitrogens with zero attached hydrogens (tertiary/aromatic N) is 5. The molecule has 10 heteroatoms. The average molecular weight is 549 g/mol. The van der Waals surface area contributed by atoms with Crippen molar-refractivity contribution < 1.29 is 9.90 Å². The molecule has 0 aliphatic rings. The number of hydrazone groups is 1. The maximum absolute atomic E-state index is 12.5. The number of anilines is 1. The van der Waals surface area contributed by atoms with Gasteiger partial charge in [0.25, 0.3) is 5.91 Å². The Kier molecular flexibility index (Phi) is 9.04. The third-order valence-electron chi connectivity index (χ3n) is 5.90. The number of rotatable bonds is 10. The minimum absolute atomic E-state index is 0.0733. The van der Waals surface area contributed by atoms with Crippen molar-refractivity contribution in [3.63, 3.8) is 0 Å². The van der Waals surface area contributed by atoms with Crippen LogP contribution >= 0.6 is 23.4 Å². The smallest absolute Gasteiger partial charge is 0.250 e. The number of halogens is 1. The van der Waals surface area contributed by atoms with E-state index < -0.39 is 0 Å². The number of carbonyl (C=O) groups is 1. The molecule has 4 rings (SSSR count). The molecular weight excluding hydrogens is 520 g/mol. The number of amides is 1. The highest BCUT2D eigenvalue weighted by atomic mass is 35.5. The number of aromatic hydroxyl groups is 1. The molecule has 1 aromatic heterocycles. The van der Waals surface area contributed by atoms with E-state index in [1.807, 2.05) is 54.0 Å². The van der Waals surface area contributed by atoms with E-state index in [0.717, 1.165) is 35.6 Å². The number of phenols is 1. The van der Waals surface area contributed by atoms with Gasteiger partial charge in [0.15, 0.2) is 11.0 Å². The zero-order chi connectivity index (χ0) is 27.1. The normalized spacial score (nSPS) is 11.2. The van der Waals surface area contributed by atoms with Crippen molar-refractivity contribution in [3.05, 3.63) is 82.9 Å². The van der Waals surface area contributed by atoms with E-state index in [0.29, 0.717) is 21.6 Å². The molecule has 1 amide bonds. The number of nitrogens with one attached hydrogen (secondary N) is 1. The molecule has 3 aromatic carbocycles. The molecule has 0 radical (unpaired) electrons. The molecule has 0 bridgehead atoms. The monoisotopic (exact) mass is 548 g/mol. The molecule has 0 unspecified atom stereocenters. The lowest BCUT2D eigenvalue weighted by molar-refractivity contribution is -0.118. The van der Waals surface area contributed by atoms with E-state index in [2.05, 4.69) is 39.5 Å². The first-order valence-corrected chi connectivity index (χ1v) is 13.6. The van der Waals surface area contributed by atoms with Crippen LogP contribution in [0.1, 0.15) is 25.0 Å². The van der Waals surface area contributed by atoms with Gasteiger partial charge < -0.3 is 10.0 Å². The number of hydrogen-bond acceptors (Lipinski definition) is 7. The van der Waals surface area contributed by atoms with E-state index in [4.69, 9.17) is 11.6 Å². The number of benzene rings is 3. The van der Waals surface area contributed by atoms with Crippen molar-refractivity contribution in [1.29, 1.82) is 0 Å². The summed E-state index contributed by atoms with van der Waals surface area (Å²) < 4.78 is 1.90. The fourth-order valence-electron chi connectivity index (χ4n) is 3.84. The van der Waals surface area contributed by atoms with Crippen LogP contribution in [-0.4, -0.2) is 50.8 Å². The molecule has 2 N–H and O–H groups in total. The van der Waals surface area contributed by atoms with Gasteiger partial charge in [-0.2, -0.15) is 5.10 Å². The van der Waals surface area contributed by atoms with Gasteiger partial charge in [-0.3, -0.25) is 9.36 Å². The highest BCUT2D eigenvalue weighted by Gasteiger charge is 2.17. The van der Waals surface area contributed by atoms with Gasteiger partial charge in [-0.1, -0.05) is 53.2 Å². The van der Waals surface area contributed by atoms with Crippen molar-refractivity contribution >= 4 is 41.2 Å². The van der Waals surface area contributed by atoms with Gasteiger partial charge in [-0.15, -0.1) is 10.2 Å². The first kappa shape index (κ1) is 27.2. The number of phenolic OH excluding ortho intramolecular Hbond substituents is 1. The number of hydrogen-bond donors (Lipinski definition) is 2. The van der Waals surface area contributed by atoms with Crippen LogP contribution < -0.4 is 10.3 Å². The van der Waals surface area contributed by atoms with Gasteiger partial charge in [-0.25, -0.2) is 5.43 Å². The van der Waals surface area contributed by atoms with Crippen molar-refractivity contribution in [3.8, 4) is 22.8 Å². The standard InChI is InChI=1S/C28H29ClN6O2S/c1-4-34(5-2)24-13-10-21(25(36)16-24)17-30-31-26(37)18-38-28-33-32-27(20-8-6-19(3)7-9-20)35(28)23-14-11-22(29)12-15-23/h6-17,36H,4-5,18H2,1-3H3,(H,31,37). The molecule has 0 aliphatic carbocycles. The van der Waals surface area contributed by atoms with Crippen molar-refractivity contribution in [2.24, 2.45) is 5.10 Å². The second-order valence-electron chi connectivity index (χ2n) is 8.48. The third-order valence-corrected chi connectivity index (χ3v) is 7.08. The second kappa shape index (κ2) is 12.6. The summed E-state index contributed by atoms with van der Waals surface area (Å²) in [7, 11) is 0. The zero-order valence-corrected chi connectivity index (χ0v) is 23.0. The van der Waals surface area contributed by atoms with Crippen molar-refractivity contribution in [2.45, 2.75) is 25.9 Å². The molecule has 0 saturated heterocycles. The molecule has 1 heterocycles. The van der Waals surface area contributed by atoms with Crippen LogP contribution in [0.3, 0.4) is 0 Å². The molecule has 0 fully saturated rings. The third kappa shape index (κ3) is 6.54. The highest BCUT2D eigenvalue weighted by molar-refractivity contribution is 7.99. The average Bonchev–Trinajstić information content (AvgIpc) is 3.34. The zero-order valence-electron chi connectivity index (χ0n) is 21.4. The minimum Gasteiger partial charge on any atom is -0.507 e. The topological polar surface area (TPSA) is 95.6 Å². The van der Waals surface area contributed by atoms with Gasteiger partial charge in [-0.05, 0) is 57.2 Å². The molecule has 4 aromatic rings. The summed E-state index contributed by atoms with van der Waals surface area (Å²) in [6, 6.07) is 20.8. The van der Waals surface area contributed by atoms with E-state index in [9.17, 15) is 9.90 Å². The van der Waals surface area contributed by atoms with Crippen LogP contribution in [0.5, 0.6) is 5.75 Å². The summed E-state index contributed by atoms with van der Waals surface area (Å²) in [6.07, 6.45) is 1.43. The predicted molar refractivity (Wildman–Crippen MR) is 155 cm³/mol. The molecule has 38 heavy (non-hydrogen) atoms. The number of thioether (sulfide) groups is 1. The van der Waals surface area contributed by atoms with Gasteiger partial charge >= 0.3 is 0 Å². The predicted octanol–water partition coefficient (Wildman–Crippen LogP) is 5.69. The molecule has 0 spiro atoms. The number of aromatic nitrogens is 3. The Bertz CT molecular complexity index is 1420. The summed E-state index contributed by atoms with van der Waals surface area (Å²) in [5, 5.41) is 24.3. The minimum atomic E-state index is -0.312. The molecule has 0 aliphatic heterocycles. The number of aryl methyl sites for hydroxylation is 1. The lowest BCUT2D eigenvalue weighted by atomic mass is 10.1. The summed E-state index contributed by atoms with van der Waals surface area (Å²) in [4.78, 5) is 14.7. The van der Waals surface area contributed by atoms with Crippen LogP contribution in [-0.2, 0) is 4.79 Å². The quantitative estimate of drug-likeness (QED) is 0.150. The first-order chi connectivity index (χ1) is 18.4. The lowest BCUT2D eigenvalue weighted by Crippen LogP contribution is -2.21. The largest absolute Gasteiger partial charge is 0.507 e. The van der Waals surface area contributed by atoms with E-state index in [1.54, 1.807) is 24.3 Å². The second-order valence-corrected chi connectivity index (χ2v) is 9.86. The fourth-order valence-corrected chi connectivity index (χ4v) is 4.71. The Hall–Kier alpha value is -3.82. The van der Waals surface area contributed by atoms with Crippen LogP contribution in [0.2, 0.25) is 5.02 Å². The molecule has 0 atom stereocenters. The van der Waals surface area contributed by atoms with E-state index >= 15 is 0 Å². The van der Waals surface area contributed by atoms with Crippen molar-refractivity contribution in [1.82, 2.24) is 20.2 Å². The van der Waals surface area contributed by atoms with Crippen molar-refractivity contribution in [2.75, 3.05) is 23.7 Å². The van der Waals surface area contributed by atoms with Gasteiger partial charge in [0.05, 0.1) is 12.0 Å². The fraction of sp³-hybridized carbons (Fsp3) is 0.214. The number of carbonyl (C=O) groups excluding carboxylic acids is 1. The molecule has 8 nitrogen and oxygen atoms in total. The Morgan fingerprint density at radius 1 is 1.08 bits per heavy atom. The summed E-state index contributed by atoms with van der Waals surface area (Å²) in [6.45, 7) is 7.83. The molecule has 0 saturated carbocycles. The van der Waals surface area contributed by atoms with Gasteiger partial charge in [0.1, 0.15) is 5.75 Å². The van der Waals surface area contributed by atoms with Gasteiger partial charge in [0, 0.05) is 46.7 Å². The highest BCUT2D eigenvalue weighted by Crippen LogP contribution is 2.29. The van der Waals surface area contributed by atoms with E-state index in [-0.39, 0.29) is 17.4 Å². The molecule has 196 valence electrons. The van der Waals surface area contributed by atoms with Crippen LogP contribution in [0.25, 0.3) is 17.1 Å². The van der Waals surface area contributed by atoms with Crippen LogP contribution in [0.4, 0.5) is 5.69 Å². The SMILES string of the molecule is CCN(CC)c1ccc(C=NNC(=O)CSc2nnc(-c3ccc(C)cc3)n2-c2ccc(Cl)cc2)c(O)c1. The Morgan fingerprint density at radius 3 is 2.45 bits per heavy atom. The maximum atomic E-state index is 12.5. The maximum Gasteiger partial charge on any atom is 0.250 e. The Labute approximate surface area is 231 Å². The Balaban J connectivity index is 1.46.